The van der Waals surface area contributed by atoms with Crippen molar-refractivity contribution >= 4 is 53.2 Å². The Bertz CT molecular complexity index is 459. The molecule has 2 N–H and O–H groups in total. The van der Waals surface area contributed by atoms with E-state index in [2.05, 4.69) is 4.74 Å². The van der Waals surface area contributed by atoms with Crippen molar-refractivity contribution in [3.8, 4) is 0 Å². The summed E-state index contributed by atoms with van der Waals surface area (Å²) in [6, 6.07) is 1.48. The topological polar surface area (TPSA) is 52.3 Å². The Morgan fingerprint density at radius 2 is 2.00 bits per heavy atom. The molecule has 3 nitrogen and oxygen atoms in total. The van der Waals surface area contributed by atoms with Crippen molar-refractivity contribution in [1.82, 2.24) is 0 Å². The molecule has 0 bridgehead atoms. The van der Waals surface area contributed by atoms with Crippen LogP contribution in [-0.4, -0.2) is 18.7 Å². The van der Waals surface area contributed by atoms with Gasteiger partial charge in [0, 0.05) is 5.02 Å². The number of halogens is 5. The zero-order valence-corrected chi connectivity index (χ0v) is 12.9. The SMILES string of the molecule is CCOC(=O)C(F)[C@@H](N)c1cc(Cl)cc(Cl)c1Cl.Cl. The smallest absolute Gasteiger partial charge is 0.342 e. The lowest BCUT2D eigenvalue weighted by atomic mass is 10.0. The predicted octanol–water partition coefficient (Wildman–Crippen LogP) is 3.97. The summed E-state index contributed by atoms with van der Waals surface area (Å²) in [5.74, 6) is -1.04. The zero-order valence-electron chi connectivity index (χ0n) is 9.83. The molecule has 1 rings (SSSR count). The number of esters is 1. The summed E-state index contributed by atoms with van der Waals surface area (Å²) in [6.45, 7) is 1.63. The zero-order chi connectivity index (χ0) is 13.9. The molecule has 0 spiro atoms. The lowest BCUT2D eigenvalue weighted by Gasteiger charge is -2.18. The van der Waals surface area contributed by atoms with Crippen LogP contribution in [0.3, 0.4) is 0 Å². The van der Waals surface area contributed by atoms with Gasteiger partial charge in [0.25, 0.3) is 0 Å². The Kier molecular flexibility index (Phi) is 8.01. The van der Waals surface area contributed by atoms with Crippen LogP contribution >= 0.6 is 47.2 Å². The fraction of sp³-hybridized carbons (Fsp3) is 0.364. The molecule has 8 heteroatoms. The third-order valence-electron chi connectivity index (χ3n) is 2.21. The molecular weight excluding hydrogens is 339 g/mol. The van der Waals surface area contributed by atoms with Gasteiger partial charge in [-0.05, 0) is 24.6 Å². The average molecular weight is 351 g/mol. The van der Waals surface area contributed by atoms with Gasteiger partial charge < -0.3 is 10.5 Å². The van der Waals surface area contributed by atoms with Crippen LogP contribution in [0.4, 0.5) is 4.39 Å². The Balaban J connectivity index is 0.00000324. The van der Waals surface area contributed by atoms with Gasteiger partial charge in [-0.1, -0.05) is 34.8 Å². The summed E-state index contributed by atoms with van der Waals surface area (Å²) in [6.07, 6.45) is -2.03. The van der Waals surface area contributed by atoms with Crippen LogP contribution in [0, 0.1) is 0 Å². The molecule has 0 fully saturated rings. The Morgan fingerprint density at radius 3 is 2.53 bits per heavy atom. The van der Waals surface area contributed by atoms with Gasteiger partial charge in [-0.2, -0.15) is 0 Å². The number of rotatable bonds is 4. The molecule has 0 aliphatic rings. The van der Waals surface area contributed by atoms with Gasteiger partial charge in [0.2, 0.25) is 6.17 Å². The van der Waals surface area contributed by atoms with Crippen LogP contribution in [0.1, 0.15) is 18.5 Å². The maximum atomic E-state index is 13.8. The second-order valence-corrected chi connectivity index (χ2v) is 4.69. The van der Waals surface area contributed by atoms with E-state index >= 15 is 0 Å². The van der Waals surface area contributed by atoms with E-state index in [0.717, 1.165) is 0 Å². The molecule has 0 aromatic heterocycles. The quantitative estimate of drug-likeness (QED) is 0.660. The second kappa shape index (κ2) is 8.12. The van der Waals surface area contributed by atoms with Gasteiger partial charge >= 0.3 is 5.97 Å². The average Bonchev–Trinajstić information content (AvgIpc) is 2.32. The number of carbonyl (C=O) groups is 1. The first-order valence-electron chi connectivity index (χ1n) is 5.09. The van der Waals surface area contributed by atoms with E-state index in [-0.39, 0.29) is 39.6 Å². The molecule has 0 radical (unpaired) electrons. The molecule has 1 aromatic rings. The van der Waals surface area contributed by atoms with E-state index in [0.29, 0.717) is 0 Å². The molecule has 1 unspecified atom stereocenters. The first kappa shape index (κ1) is 18.7. The van der Waals surface area contributed by atoms with Crippen molar-refractivity contribution in [3.05, 3.63) is 32.8 Å². The normalized spacial score (nSPS) is 13.4. The van der Waals surface area contributed by atoms with Gasteiger partial charge in [-0.3, -0.25) is 0 Å². The van der Waals surface area contributed by atoms with Crippen molar-refractivity contribution in [2.24, 2.45) is 5.73 Å². The minimum absolute atomic E-state index is 0. The van der Waals surface area contributed by atoms with Gasteiger partial charge in [-0.25, -0.2) is 9.18 Å². The number of carbonyl (C=O) groups excluding carboxylic acids is 1. The molecule has 2 atom stereocenters. The molecular formula is C11H12Cl4FNO2. The first-order chi connectivity index (χ1) is 8.38. The highest BCUT2D eigenvalue weighted by Crippen LogP contribution is 2.34. The van der Waals surface area contributed by atoms with E-state index < -0.39 is 18.2 Å². The molecule has 0 amide bonds. The van der Waals surface area contributed by atoms with Crippen LogP contribution in [0.5, 0.6) is 0 Å². The van der Waals surface area contributed by atoms with E-state index in [1.807, 2.05) is 0 Å². The van der Waals surface area contributed by atoms with Gasteiger partial charge in [0.05, 0.1) is 22.7 Å². The highest BCUT2D eigenvalue weighted by Gasteiger charge is 2.30. The van der Waals surface area contributed by atoms with Crippen molar-refractivity contribution in [1.29, 1.82) is 0 Å². The molecule has 0 aliphatic heterocycles. The molecule has 19 heavy (non-hydrogen) atoms. The van der Waals surface area contributed by atoms with Gasteiger partial charge in [-0.15, -0.1) is 12.4 Å². The Morgan fingerprint density at radius 1 is 1.42 bits per heavy atom. The van der Waals surface area contributed by atoms with E-state index in [9.17, 15) is 9.18 Å². The number of nitrogens with two attached hydrogens (primary N) is 1. The maximum Gasteiger partial charge on any atom is 0.342 e. The summed E-state index contributed by atoms with van der Waals surface area (Å²) in [5.41, 5.74) is 5.79. The van der Waals surface area contributed by atoms with E-state index in [1.165, 1.54) is 12.1 Å². The van der Waals surface area contributed by atoms with Crippen molar-refractivity contribution in [2.75, 3.05) is 6.61 Å². The molecule has 1 aromatic carbocycles. The summed E-state index contributed by atoms with van der Waals surface area (Å²) >= 11 is 17.5. The Hall–Kier alpha value is -0.260. The summed E-state index contributed by atoms with van der Waals surface area (Å²) in [5, 5.41) is 0.470. The van der Waals surface area contributed by atoms with Gasteiger partial charge in [0.1, 0.15) is 0 Å². The summed E-state index contributed by atoms with van der Waals surface area (Å²) < 4.78 is 18.3. The van der Waals surface area contributed by atoms with Gasteiger partial charge in [0.15, 0.2) is 0 Å². The molecule has 0 saturated heterocycles. The minimum atomic E-state index is -2.03. The van der Waals surface area contributed by atoms with Crippen LogP contribution in [0.2, 0.25) is 15.1 Å². The van der Waals surface area contributed by atoms with Crippen LogP contribution in [-0.2, 0) is 9.53 Å². The lowest BCUT2D eigenvalue weighted by molar-refractivity contribution is -0.149. The highest BCUT2D eigenvalue weighted by atomic mass is 35.5. The predicted molar refractivity (Wildman–Crippen MR) is 77.2 cm³/mol. The van der Waals surface area contributed by atoms with E-state index in [1.54, 1.807) is 6.92 Å². The lowest BCUT2D eigenvalue weighted by Crippen LogP contribution is -2.31. The fourth-order valence-electron chi connectivity index (χ4n) is 1.34. The number of ether oxygens (including phenoxy) is 1. The minimum Gasteiger partial charge on any atom is -0.464 e. The van der Waals surface area contributed by atoms with E-state index in [4.69, 9.17) is 40.5 Å². The Labute approximate surface area is 131 Å². The van der Waals surface area contributed by atoms with Crippen molar-refractivity contribution in [2.45, 2.75) is 19.1 Å². The standard InChI is InChI=1S/C11H11Cl3FNO2.ClH/c1-2-18-11(17)9(15)10(16)6-3-5(12)4-7(13)8(6)14;/h3-4,9-10H,2,16H2,1H3;1H/t9?,10-;/m0./s1. The first-order valence-corrected chi connectivity index (χ1v) is 6.22. The number of benzene rings is 1. The third-order valence-corrected chi connectivity index (χ3v) is 3.24. The van der Waals surface area contributed by atoms with Crippen molar-refractivity contribution in [3.63, 3.8) is 0 Å². The number of hydrogen-bond donors (Lipinski definition) is 1. The molecule has 108 valence electrons. The van der Waals surface area contributed by atoms with Crippen LogP contribution in [0.25, 0.3) is 0 Å². The maximum absolute atomic E-state index is 13.8. The monoisotopic (exact) mass is 349 g/mol. The second-order valence-electron chi connectivity index (χ2n) is 3.47. The third kappa shape index (κ3) is 4.65. The van der Waals surface area contributed by atoms with Crippen molar-refractivity contribution < 1.29 is 13.9 Å². The fourth-order valence-corrected chi connectivity index (χ4v) is 2.09. The van der Waals surface area contributed by atoms with Crippen LogP contribution < -0.4 is 5.73 Å². The van der Waals surface area contributed by atoms with Crippen LogP contribution in [0.15, 0.2) is 12.1 Å². The highest BCUT2D eigenvalue weighted by molar-refractivity contribution is 6.43. The largest absolute Gasteiger partial charge is 0.464 e. The summed E-state index contributed by atoms with van der Waals surface area (Å²) in [4.78, 5) is 11.3. The molecule has 0 saturated carbocycles. The molecule has 0 aliphatic carbocycles. The number of hydrogen-bond acceptors (Lipinski definition) is 3. The molecule has 0 heterocycles. The summed E-state index contributed by atoms with van der Waals surface area (Å²) in [7, 11) is 0. The number of alkyl halides is 1.